The van der Waals surface area contributed by atoms with E-state index in [0.717, 1.165) is 5.56 Å². The van der Waals surface area contributed by atoms with Crippen molar-refractivity contribution in [1.29, 1.82) is 0 Å². The van der Waals surface area contributed by atoms with Crippen molar-refractivity contribution in [2.45, 2.75) is 32.7 Å². The van der Waals surface area contributed by atoms with Gasteiger partial charge in [-0.2, -0.15) is 0 Å². The molecule has 8 nitrogen and oxygen atoms in total. The molecular formula is C22H25N3O5. The molecule has 0 bridgehead atoms. The second-order valence-electron chi connectivity index (χ2n) is 6.66. The molecule has 2 aromatic carbocycles. The van der Waals surface area contributed by atoms with E-state index in [0.29, 0.717) is 6.42 Å². The molecule has 4 amide bonds. The minimum atomic E-state index is -0.789. The number of ether oxygens (including phenoxy) is 1. The maximum atomic E-state index is 12.4. The third kappa shape index (κ3) is 7.38. The van der Waals surface area contributed by atoms with E-state index in [1.54, 1.807) is 25.1 Å². The molecule has 0 saturated heterocycles. The molecule has 0 aliphatic rings. The summed E-state index contributed by atoms with van der Waals surface area (Å²) < 4.78 is 4.98. The van der Waals surface area contributed by atoms with Gasteiger partial charge in [0.05, 0.1) is 17.7 Å². The Bertz CT molecular complexity index is 899. The van der Waals surface area contributed by atoms with Crippen LogP contribution in [0.5, 0.6) is 0 Å². The summed E-state index contributed by atoms with van der Waals surface area (Å²) in [7, 11) is 0. The quantitative estimate of drug-likeness (QED) is 0.578. The van der Waals surface area contributed by atoms with Crippen LogP contribution in [0.1, 0.15) is 36.2 Å². The fourth-order valence-corrected chi connectivity index (χ4v) is 2.48. The van der Waals surface area contributed by atoms with Gasteiger partial charge in [0, 0.05) is 6.04 Å². The number of carbonyl (C=O) groups is 4. The zero-order chi connectivity index (χ0) is 21.9. The Hall–Kier alpha value is -3.68. The molecule has 0 saturated carbocycles. The van der Waals surface area contributed by atoms with Crippen molar-refractivity contribution >= 4 is 29.5 Å². The summed E-state index contributed by atoms with van der Waals surface area (Å²) in [5.74, 6) is -1.83. The molecule has 1 atom stereocenters. The lowest BCUT2D eigenvalue weighted by atomic mass is 10.1. The Labute approximate surface area is 175 Å². The summed E-state index contributed by atoms with van der Waals surface area (Å²) in [6, 6.07) is 14.8. The minimum Gasteiger partial charge on any atom is -0.452 e. The first kappa shape index (κ1) is 22.6. The number of amides is 4. The zero-order valence-corrected chi connectivity index (χ0v) is 16.9. The highest BCUT2D eigenvalue weighted by Gasteiger charge is 2.17. The molecule has 158 valence electrons. The second kappa shape index (κ2) is 11.4. The van der Waals surface area contributed by atoms with Crippen molar-refractivity contribution in [2.24, 2.45) is 0 Å². The topological polar surface area (TPSA) is 114 Å². The number of hydrogen-bond donors (Lipinski definition) is 3. The van der Waals surface area contributed by atoms with Crippen molar-refractivity contribution in [2.75, 3.05) is 11.9 Å². The van der Waals surface area contributed by atoms with E-state index < -0.39 is 24.5 Å². The molecule has 0 spiro atoms. The van der Waals surface area contributed by atoms with Crippen LogP contribution < -0.4 is 16.0 Å². The predicted molar refractivity (Wildman–Crippen MR) is 112 cm³/mol. The number of para-hydroxylation sites is 1. The molecule has 0 fully saturated rings. The maximum Gasteiger partial charge on any atom is 0.340 e. The molecule has 30 heavy (non-hydrogen) atoms. The van der Waals surface area contributed by atoms with Crippen molar-refractivity contribution in [3.05, 3.63) is 65.7 Å². The lowest BCUT2D eigenvalue weighted by Gasteiger charge is -2.13. The molecule has 0 aliphatic carbocycles. The fourth-order valence-electron chi connectivity index (χ4n) is 2.48. The molecule has 0 heterocycles. The molecule has 2 rings (SSSR count). The highest BCUT2D eigenvalue weighted by Crippen LogP contribution is 2.17. The van der Waals surface area contributed by atoms with E-state index in [1.807, 2.05) is 37.3 Å². The molecule has 0 aliphatic heterocycles. The number of anilines is 1. The van der Waals surface area contributed by atoms with Crippen LogP contribution in [0.25, 0.3) is 0 Å². The smallest absolute Gasteiger partial charge is 0.340 e. The molecular weight excluding hydrogens is 386 g/mol. The van der Waals surface area contributed by atoms with Crippen LogP contribution in [0.3, 0.4) is 0 Å². The van der Waals surface area contributed by atoms with E-state index in [4.69, 9.17) is 4.74 Å². The first-order chi connectivity index (χ1) is 14.4. The van der Waals surface area contributed by atoms with Gasteiger partial charge in [-0.15, -0.1) is 0 Å². The van der Waals surface area contributed by atoms with E-state index in [9.17, 15) is 19.2 Å². The summed E-state index contributed by atoms with van der Waals surface area (Å²) in [6.45, 7) is 3.07. The summed E-state index contributed by atoms with van der Waals surface area (Å²) in [5, 5.41) is 7.35. The molecule has 0 radical (unpaired) electrons. The van der Waals surface area contributed by atoms with Gasteiger partial charge in [0.15, 0.2) is 6.61 Å². The molecule has 0 unspecified atom stereocenters. The maximum absolute atomic E-state index is 12.4. The number of benzene rings is 2. The van der Waals surface area contributed by atoms with E-state index in [-0.39, 0.29) is 29.6 Å². The summed E-state index contributed by atoms with van der Waals surface area (Å²) >= 11 is 0. The summed E-state index contributed by atoms with van der Waals surface area (Å²) in [5.41, 5.74) is 1.22. The van der Waals surface area contributed by atoms with Gasteiger partial charge < -0.3 is 15.4 Å². The third-order valence-corrected chi connectivity index (χ3v) is 4.21. The third-order valence-electron chi connectivity index (χ3n) is 4.21. The lowest BCUT2D eigenvalue weighted by Crippen LogP contribution is -2.44. The van der Waals surface area contributed by atoms with Crippen LogP contribution >= 0.6 is 0 Å². The number of nitrogens with one attached hydrogen (secondary N) is 3. The number of hydrogen-bond acceptors (Lipinski definition) is 5. The summed E-state index contributed by atoms with van der Waals surface area (Å²) in [6.07, 6.45) is 0.862. The Kier molecular flexibility index (Phi) is 8.56. The van der Waals surface area contributed by atoms with E-state index in [1.165, 1.54) is 6.07 Å². The first-order valence-corrected chi connectivity index (χ1v) is 9.59. The molecule has 2 aromatic rings. The van der Waals surface area contributed by atoms with Crippen molar-refractivity contribution < 1.29 is 23.9 Å². The van der Waals surface area contributed by atoms with E-state index in [2.05, 4.69) is 16.0 Å². The van der Waals surface area contributed by atoms with Crippen LogP contribution in [0, 0.1) is 0 Å². The first-order valence-electron chi connectivity index (χ1n) is 9.59. The predicted octanol–water partition coefficient (Wildman–Crippen LogP) is 2.65. The number of esters is 1. The Morgan fingerprint density at radius 3 is 2.30 bits per heavy atom. The van der Waals surface area contributed by atoms with E-state index >= 15 is 0 Å². The highest BCUT2D eigenvalue weighted by atomic mass is 16.5. The fraction of sp³-hybridized carbons (Fsp3) is 0.273. The average Bonchev–Trinajstić information content (AvgIpc) is 2.72. The Balaban J connectivity index is 1.91. The number of imide groups is 1. The lowest BCUT2D eigenvalue weighted by molar-refractivity contribution is -0.123. The number of rotatable bonds is 8. The van der Waals surface area contributed by atoms with Gasteiger partial charge in [0.1, 0.15) is 0 Å². The monoisotopic (exact) mass is 411 g/mol. The number of urea groups is 1. The number of carbonyl (C=O) groups excluding carboxylic acids is 4. The standard InChI is InChI=1S/C22H25N3O5/c1-3-15(2)23-22(29)25-20(27)14-30-21(28)17-11-7-8-12-18(17)24-19(26)13-16-9-5-4-6-10-16/h4-12,15H,3,13-14H2,1-2H3,(H,24,26)(H2,23,25,27,29)/t15-/m1/s1. The van der Waals surface area contributed by atoms with Crippen LogP contribution in [0.2, 0.25) is 0 Å². The van der Waals surface area contributed by atoms with Crippen LogP contribution in [-0.4, -0.2) is 36.5 Å². The van der Waals surface area contributed by atoms with Crippen molar-refractivity contribution in [3.63, 3.8) is 0 Å². The summed E-state index contributed by atoms with van der Waals surface area (Å²) in [4.78, 5) is 48.1. The van der Waals surface area contributed by atoms with Crippen LogP contribution in [-0.2, 0) is 20.7 Å². The molecule has 8 heteroatoms. The Morgan fingerprint density at radius 2 is 1.60 bits per heavy atom. The largest absolute Gasteiger partial charge is 0.452 e. The average molecular weight is 411 g/mol. The van der Waals surface area contributed by atoms with Crippen LogP contribution in [0.15, 0.2) is 54.6 Å². The van der Waals surface area contributed by atoms with Gasteiger partial charge >= 0.3 is 12.0 Å². The molecule has 3 N–H and O–H groups in total. The highest BCUT2D eigenvalue weighted by molar-refractivity contribution is 6.02. The van der Waals surface area contributed by atoms with Gasteiger partial charge in [-0.3, -0.25) is 14.9 Å². The Morgan fingerprint density at radius 1 is 0.933 bits per heavy atom. The van der Waals surface area contributed by atoms with Gasteiger partial charge in [0.25, 0.3) is 5.91 Å². The SMILES string of the molecule is CC[C@@H](C)NC(=O)NC(=O)COC(=O)c1ccccc1NC(=O)Cc1ccccc1. The van der Waals surface area contributed by atoms with Crippen LogP contribution in [0.4, 0.5) is 10.5 Å². The molecule has 0 aromatic heterocycles. The van der Waals surface area contributed by atoms with Gasteiger partial charge in [-0.1, -0.05) is 49.4 Å². The second-order valence-corrected chi connectivity index (χ2v) is 6.66. The normalized spacial score (nSPS) is 11.1. The van der Waals surface area contributed by atoms with Crippen molar-refractivity contribution in [1.82, 2.24) is 10.6 Å². The van der Waals surface area contributed by atoms with Crippen molar-refractivity contribution in [3.8, 4) is 0 Å². The van der Waals surface area contributed by atoms with Gasteiger partial charge in [-0.25, -0.2) is 9.59 Å². The minimum absolute atomic E-state index is 0.0910. The van der Waals surface area contributed by atoms with Gasteiger partial charge in [0.2, 0.25) is 5.91 Å². The van der Waals surface area contributed by atoms with Gasteiger partial charge in [-0.05, 0) is 31.0 Å². The zero-order valence-electron chi connectivity index (χ0n) is 16.9.